The predicted octanol–water partition coefficient (Wildman–Crippen LogP) is 4.13. The number of nitrogens with one attached hydrogen (secondary N) is 2. The first-order valence-electron chi connectivity index (χ1n) is 10.7. The summed E-state index contributed by atoms with van der Waals surface area (Å²) in [4.78, 5) is 51.5. The number of hydrogen-bond donors (Lipinski definition) is 2. The third kappa shape index (κ3) is 4.69. The highest BCUT2D eigenvalue weighted by atomic mass is 32.1. The number of benzene rings is 2. The molecule has 4 amide bonds. The van der Waals surface area contributed by atoms with Gasteiger partial charge in [-0.1, -0.05) is 60.2 Å². The minimum absolute atomic E-state index is 0.179. The molecule has 3 aromatic rings. The van der Waals surface area contributed by atoms with Gasteiger partial charge in [-0.25, -0.2) is 9.59 Å². The van der Waals surface area contributed by atoms with Gasteiger partial charge in [0.15, 0.2) is 0 Å². The molecule has 0 saturated carbocycles. The van der Waals surface area contributed by atoms with E-state index >= 15 is 0 Å². The van der Waals surface area contributed by atoms with Crippen LogP contribution < -0.4 is 10.6 Å². The molecule has 2 aromatic carbocycles. The monoisotopic (exact) mass is 477 g/mol. The maximum atomic E-state index is 12.8. The smallest absolute Gasteiger partial charge is 0.341 e. The summed E-state index contributed by atoms with van der Waals surface area (Å²) >= 11 is 1.18. The molecule has 8 nitrogen and oxygen atoms in total. The summed E-state index contributed by atoms with van der Waals surface area (Å²) < 4.78 is 5.21. The molecule has 1 saturated heterocycles. The maximum Gasteiger partial charge on any atom is 0.341 e. The van der Waals surface area contributed by atoms with Gasteiger partial charge in [0, 0.05) is 10.9 Å². The molecule has 1 aromatic heterocycles. The summed E-state index contributed by atoms with van der Waals surface area (Å²) in [5.41, 5.74) is 3.40. The fourth-order valence-electron chi connectivity index (χ4n) is 3.65. The summed E-state index contributed by atoms with van der Waals surface area (Å²) in [5, 5.41) is 7.35. The fraction of sp³-hybridized carbons (Fsp3) is 0.200. The van der Waals surface area contributed by atoms with Gasteiger partial charge < -0.3 is 15.4 Å². The van der Waals surface area contributed by atoms with Gasteiger partial charge in [-0.2, -0.15) is 0 Å². The van der Waals surface area contributed by atoms with Crippen molar-refractivity contribution in [3.05, 3.63) is 76.7 Å². The van der Waals surface area contributed by atoms with Gasteiger partial charge in [0.05, 0.1) is 6.61 Å². The van der Waals surface area contributed by atoms with Gasteiger partial charge in [-0.3, -0.25) is 14.5 Å². The highest BCUT2D eigenvalue weighted by Gasteiger charge is 2.40. The largest absolute Gasteiger partial charge is 0.462 e. The third-order valence-corrected chi connectivity index (χ3v) is 6.24. The van der Waals surface area contributed by atoms with Crippen LogP contribution in [0.1, 0.15) is 34.5 Å². The van der Waals surface area contributed by atoms with E-state index in [2.05, 4.69) is 10.6 Å². The molecule has 0 spiro atoms. The Bertz CT molecular complexity index is 1240. The van der Waals surface area contributed by atoms with Crippen molar-refractivity contribution < 1.29 is 23.9 Å². The van der Waals surface area contributed by atoms with E-state index in [0.717, 1.165) is 16.0 Å². The highest BCUT2D eigenvalue weighted by molar-refractivity contribution is 7.15. The zero-order valence-electron chi connectivity index (χ0n) is 18.7. The second-order valence-electron chi connectivity index (χ2n) is 7.71. The Labute approximate surface area is 200 Å². The van der Waals surface area contributed by atoms with Crippen molar-refractivity contribution in [1.82, 2.24) is 10.2 Å². The Balaban J connectivity index is 1.54. The van der Waals surface area contributed by atoms with E-state index < -0.39 is 36.4 Å². The normalized spacial score (nSPS) is 15.2. The van der Waals surface area contributed by atoms with Gasteiger partial charge in [0.2, 0.25) is 5.91 Å². The Hall–Kier alpha value is -3.98. The molecule has 4 rings (SSSR count). The van der Waals surface area contributed by atoms with Crippen molar-refractivity contribution in [1.29, 1.82) is 0 Å². The van der Waals surface area contributed by atoms with E-state index in [1.165, 1.54) is 11.3 Å². The van der Waals surface area contributed by atoms with Crippen molar-refractivity contribution >= 4 is 40.2 Å². The molecule has 1 aliphatic heterocycles. The van der Waals surface area contributed by atoms with E-state index in [1.54, 1.807) is 36.6 Å². The quantitative estimate of drug-likeness (QED) is 0.393. The zero-order valence-corrected chi connectivity index (χ0v) is 19.5. The lowest BCUT2D eigenvalue weighted by Crippen LogP contribution is -2.38. The van der Waals surface area contributed by atoms with Crippen LogP contribution in [-0.2, 0) is 14.3 Å². The predicted molar refractivity (Wildman–Crippen MR) is 129 cm³/mol. The SMILES string of the molecule is CCOC(=O)c1c(-c2ccc(C)cc2)csc1NC(=O)CN1C(=O)NC(c2ccccc2)C1=O. The molecule has 2 N–H and O–H groups in total. The van der Waals surface area contributed by atoms with E-state index in [-0.39, 0.29) is 12.2 Å². The van der Waals surface area contributed by atoms with E-state index in [4.69, 9.17) is 4.74 Å². The number of thiophene rings is 1. The Kier molecular flexibility index (Phi) is 6.74. The number of imide groups is 1. The summed E-state index contributed by atoms with van der Waals surface area (Å²) in [5.74, 6) is -1.67. The lowest BCUT2D eigenvalue weighted by atomic mass is 10.0. The Morgan fingerprint density at radius 2 is 1.79 bits per heavy atom. The molecule has 0 aliphatic carbocycles. The number of esters is 1. The van der Waals surface area contributed by atoms with E-state index in [0.29, 0.717) is 16.1 Å². The molecule has 1 fully saturated rings. The molecular weight excluding hydrogens is 454 g/mol. The van der Waals surface area contributed by atoms with Gasteiger partial charge in [0.1, 0.15) is 23.2 Å². The van der Waals surface area contributed by atoms with Crippen LogP contribution in [0.2, 0.25) is 0 Å². The van der Waals surface area contributed by atoms with Crippen LogP contribution in [0.5, 0.6) is 0 Å². The van der Waals surface area contributed by atoms with Crippen LogP contribution in [-0.4, -0.2) is 41.9 Å². The van der Waals surface area contributed by atoms with Crippen molar-refractivity contribution in [2.45, 2.75) is 19.9 Å². The number of nitrogens with zero attached hydrogens (tertiary/aromatic N) is 1. The first-order valence-corrected chi connectivity index (χ1v) is 11.6. The zero-order chi connectivity index (χ0) is 24.2. The molecule has 0 bridgehead atoms. The number of urea groups is 1. The minimum Gasteiger partial charge on any atom is -0.462 e. The summed E-state index contributed by atoms with van der Waals surface area (Å²) in [6.45, 7) is 3.37. The first kappa shape index (κ1) is 23.2. The molecule has 2 heterocycles. The lowest BCUT2D eigenvalue weighted by molar-refractivity contribution is -0.130. The Morgan fingerprint density at radius 1 is 1.09 bits per heavy atom. The average molecular weight is 478 g/mol. The van der Waals surface area contributed by atoms with Crippen LogP contribution in [0.15, 0.2) is 60.0 Å². The van der Waals surface area contributed by atoms with Gasteiger partial charge in [-0.15, -0.1) is 11.3 Å². The molecule has 0 radical (unpaired) electrons. The number of carbonyl (C=O) groups is 4. The van der Waals surface area contributed by atoms with Gasteiger partial charge in [0.25, 0.3) is 5.91 Å². The van der Waals surface area contributed by atoms with Crippen LogP contribution >= 0.6 is 11.3 Å². The van der Waals surface area contributed by atoms with Crippen LogP contribution in [0.25, 0.3) is 11.1 Å². The number of rotatable bonds is 7. The number of hydrogen-bond acceptors (Lipinski definition) is 6. The lowest BCUT2D eigenvalue weighted by Gasteiger charge is -2.13. The van der Waals surface area contributed by atoms with Crippen molar-refractivity contribution in [2.75, 3.05) is 18.5 Å². The van der Waals surface area contributed by atoms with Crippen molar-refractivity contribution in [3.8, 4) is 11.1 Å². The van der Waals surface area contributed by atoms with Crippen molar-refractivity contribution in [3.63, 3.8) is 0 Å². The van der Waals surface area contributed by atoms with E-state index in [9.17, 15) is 19.2 Å². The number of anilines is 1. The second kappa shape index (κ2) is 9.88. The molecule has 1 unspecified atom stereocenters. The molecule has 174 valence electrons. The number of carbonyl (C=O) groups excluding carboxylic acids is 4. The van der Waals surface area contributed by atoms with Crippen molar-refractivity contribution in [2.24, 2.45) is 0 Å². The first-order chi connectivity index (χ1) is 16.4. The van der Waals surface area contributed by atoms with E-state index in [1.807, 2.05) is 37.3 Å². The molecule has 1 aliphatic rings. The molecular formula is C25H23N3O5S. The minimum atomic E-state index is -0.841. The highest BCUT2D eigenvalue weighted by Crippen LogP contribution is 2.36. The second-order valence-corrected chi connectivity index (χ2v) is 8.59. The third-order valence-electron chi connectivity index (χ3n) is 5.35. The molecule has 34 heavy (non-hydrogen) atoms. The van der Waals surface area contributed by atoms with Gasteiger partial charge in [-0.05, 0) is 25.0 Å². The molecule has 9 heteroatoms. The number of aryl methyl sites for hydroxylation is 1. The van der Waals surface area contributed by atoms with Crippen LogP contribution in [0.4, 0.5) is 9.80 Å². The fourth-order valence-corrected chi connectivity index (χ4v) is 4.62. The number of ether oxygens (including phenoxy) is 1. The van der Waals surface area contributed by atoms with Crippen LogP contribution in [0, 0.1) is 6.92 Å². The average Bonchev–Trinajstić information content (AvgIpc) is 3.36. The van der Waals surface area contributed by atoms with Gasteiger partial charge >= 0.3 is 12.0 Å². The number of amides is 4. The van der Waals surface area contributed by atoms with Crippen LogP contribution in [0.3, 0.4) is 0 Å². The summed E-state index contributed by atoms with van der Waals surface area (Å²) in [6, 6.07) is 15.0. The summed E-state index contributed by atoms with van der Waals surface area (Å²) in [7, 11) is 0. The standard InChI is InChI=1S/C25H23N3O5S/c1-3-33-24(31)20-18(16-11-9-15(2)10-12-16)14-34-22(20)26-19(29)13-28-23(30)21(27-25(28)32)17-7-5-4-6-8-17/h4-12,14,21H,3,13H2,1-2H3,(H,26,29)(H,27,32). The Morgan fingerprint density at radius 3 is 2.47 bits per heavy atom. The maximum absolute atomic E-state index is 12.8. The summed E-state index contributed by atoms with van der Waals surface area (Å²) in [6.07, 6.45) is 0. The molecule has 1 atom stereocenters. The topological polar surface area (TPSA) is 105 Å².